The first-order valence-corrected chi connectivity index (χ1v) is 5.38. The van der Waals surface area contributed by atoms with Crippen molar-refractivity contribution in [1.82, 2.24) is 0 Å². The van der Waals surface area contributed by atoms with Crippen LogP contribution in [0.25, 0.3) is 0 Å². The van der Waals surface area contributed by atoms with Crippen molar-refractivity contribution in [3.8, 4) is 0 Å². The van der Waals surface area contributed by atoms with Gasteiger partial charge in [0.1, 0.15) is 5.82 Å². The Morgan fingerprint density at radius 2 is 1.89 bits per heavy atom. The molecule has 6 heteroatoms. The summed E-state index contributed by atoms with van der Waals surface area (Å²) in [6.45, 7) is 0. The van der Waals surface area contributed by atoms with E-state index in [2.05, 4.69) is 0 Å². The van der Waals surface area contributed by atoms with Crippen molar-refractivity contribution in [3.63, 3.8) is 0 Å². The number of aliphatic carboxylic acids is 1. The molecule has 18 heavy (non-hydrogen) atoms. The number of halogens is 4. The summed E-state index contributed by atoms with van der Waals surface area (Å²) in [6.07, 6.45) is -3.82. The summed E-state index contributed by atoms with van der Waals surface area (Å²) in [5.74, 6) is -1.67. The van der Waals surface area contributed by atoms with Gasteiger partial charge in [-0.3, -0.25) is 4.79 Å². The van der Waals surface area contributed by atoms with Crippen molar-refractivity contribution in [2.24, 2.45) is 0 Å². The lowest BCUT2D eigenvalue weighted by Gasteiger charge is -2.09. The predicted octanol–water partition coefficient (Wildman–Crippen LogP) is 3.64. The molecule has 0 spiro atoms. The molecule has 0 heterocycles. The van der Waals surface area contributed by atoms with Crippen molar-refractivity contribution >= 4 is 5.97 Å². The van der Waals surface area contributed by atoms with E-state index in [9.17, 15) is 22.4 Å². The molecule has 0 atom stereocenters. The van der Waals surface area contributed by atoms with Crippen molar-refractivity contribution in [2.75, 3.05) is 0 Å². The van der Waals surface area contributed by atoms with E-state index in [0.29, 0.717) is 18.9 Å². The maximum atomic E-state index is 13.3. The normalized spacial score (nSPS) is 11.6. The zero-order chi connectivity index (χ0) is 13.8. The second-order valence-corrected chi connectivity index (χ2v) is 3.90. The molecule has 0 unspecified atom stereocenters. The van der Waals surface area contributed by atoms with Gasteiger partial charge >= 0.3 is 12.1 Å². The fraction of sp³-hybridized carbons (Fsp3) is 0.417. The molecule has 1 aromatic rings. The fourth-order valence-electron chi connectivity index (χ4n) is 1.53. The number of carbonyl (C=O) groups is 1. The lowest BCUT2D eigenvalue weighted by Crippen LogP contribution is -2.06. The van der Waals surface area contributed by atoms with E-state index in [-0.39, 0.29) is 18.4 Å². The smallest absolute Gasteiger partial charge is 0.416 e. The third-order valence-electron chi connectivity index (χ3n) is 2.46. The molecule has 0 saturated heterocycles. The molecular weight excluding hydrogens is 252 g/mol. The van der Waals surface area contributed by atoms with Crippen molar-refractivity contribution < 1.29 is 27.5 Å². The van der Waals surface area contributed by atoms with E-state index in [1.165, 1.54) is 0 Å². The molecule has 1 aromatic carbocycles. The van der Waals surface area contributed by atoms with Gasteiger partial charge in [-0.15, -0.1) is 0 Å². The van der Waals surface area contributed by atoms with Crippen LogP contribution in [0.5, 0.6) is 0 Å². The number of hydrogen-bond acceptors (Lipinski definition) is 1. The SMILES string of the molecule is O=C(O)CCCCc1cc(C(F)(F)F)ccc1F. The van der Waals surface area contributed by atoms with E-state index >= 15 is 0 Å². The van der Waals surface area contributed by atoms with Crippen molar-refractivity contribution in [2.45, 2.75) is 31.9 Å². The van der Waals surface area contributed by atoms with Gasteiger partial charge in [-0.25, -0.2) is 4.39 Å². The van der Waals surface area contributed by atoms with Gasteiger partial charge in [-0.1, -0.05) is 0 Å². The molecule has 0 aromatic heterocycles. The average molecular weight is 264 g/mol. The minimum Gasteiger partial charge on any atom is -0.481 e. The predicted molar refractivity (Wildman–Crippen MR) is 56.6 cm³/mol. The lowest BCUT2D eigenvalue weighted by atomic mass is 10.0. The highest BCUT2D eigenvalue weighted by Crippen LogP contribution is 2.30. The summed E-state index contributed by atoms with van der Waals surface area (Å²) in [6, 6.07) is 2.25. The highest BCUT2D eigenvalue weighted by atomic mass is 19.4. The van der Waals surface area contributed by atoms with Crippen LogP contribution in [-0.2, 0) is 17.4 Å². The number of unbranched alkanes of at least 4 members (excludes halogenated alkanes) is 1. The van der Waals surface area contributed by atoms with Gasteiger partial charge in [-0.05, 0) is 43.0 Å². The van der Waals surface area contributed by atoms with Crippen molar-refractivity contribution in [3.05, 3.63) is 35.1 Å². The molecule has 0 radical (unpaired) electrons. The third-order valence-corrected chi connectivity index (χ3v) is 2.46. The number of rotatable bonds is 5. The van der Waals surface area contributed by atoms with Gasteiger partial charge in [0.2, 0.25) is 0 Å². The Morgan fingerprint density at radius 3 is 2.44 bits per heavy atom. The number of alkyl halides is 3. The van der Waals surface area contributed by atoms with E-state index in [1.54, 1.807) is 0 Å². The molecule has 0 aliphatic heterocycles. The molecule has 0 aliphatic rings. The van der Waals surface area contributed by atoms with Crippen LogP contribution in [0.2, 0.25) is 0 Å². The van der Waals surface area contributed by atoms with Crippen molar-refractivity contribution in [1.29, 1.82) is 0 Å². The second kappa shape index (κ2) is 5.84. The van der Waals surface area contributed by atoms with Crippen LogP contribution in [0.1, 0.15) is 30.4 Å². The van der Waals surface area contributed by atoms with Crippen LogP contribution < -0.4 is 0 Å². The average Bonchev–Trinajstić information content (AvgIpc) is 2.24. The summed E-state index contributed by atoms with van der Waals surface area (Å²) in [5.41, 5.74) is -0.924. The number of carboxylic acid groups (broad SMARTS) is 1. The third kappa shape index (κ3) is 4.35. The molecular formula is C12H12F4O2. The van der Waals surface area contributed by atoms with E-state index in [0.717, 1.165) is 12.1 Å². The summed E-state index contributed by atoms with van der Waals surface area (Å²) in [5, 5.41) is 8.39. The van der Waals surface area contributed by atoms with Gasteiger partial charge in [0.05, 0.1) is 5.56 Å². The van der Waals surface area contributed by atoms with Gasteiger partial charge in [0, 0.05) is 6.42 Å². The zero-order valence-electron chi connectivity index (χ0n) is 9.43. The molecule has 0 saturated carbocycles. The molecule has 1 rings (SSSR count). The molecule has 1 N–H and O–H groups in total. The summed E-state index contributed by atoms with van der Waals surface area (Å²) < 4.78 is 50.4. The second-order valence-electron chi connectivity index (χ2n) is 3.90. The molecule has 0 fully saturated rings. The minimum atomic E-state index is -4.50. The lowest BCUT2D eigenvalue weighted by molar-refractivity contribution is -0.138. The largest absolute Gasteiger partial charge is 0.481 e. The minimum absolute atomic E-state index is 0.0322. The Hall–Kier alpha value is -1.59. The fourth-order valence-corrected chi connectivity index (χ4v) is 1.53. The van der Waals surface area contributed by atoms with Gasteiger partial charge in [0.15, 0.2) is 0 Å². The highest BCUT2D eigenvalue weighted by Gasteiger charge is 2.30. The highest BCUT2D eigenvalue weighted by molar-refractivity contribution is 5.66. The zero-order valence-corrected chi connectivity index (χ0v) is 9.43. The van der Waals surface area contributed by atoms with E-state index in [4.69, 9.17) is 5.11 Å². The Bertz CT molecular complexity index is 427. The van der Waals surface area contributed by atoms with Crippen LogP contribution in [0.15, 0.2) is 18.2 Å². The molecule has 0 bridgehead atoms. The maximum absolute atomic E-state index is 13.3. The molecule has 0 aliphatic carbocycles. The molecule has 2 nitrogen and oxygen atoms in total. The Kier molecular flexibility index (Phi) is 4.69. The topological polar surface area (TPSA) is 37.3 Å². The van der Waals surface area contributed by atoms with Gasteiger partial charge in [-0.2, -0.15) is 13.2 Å². The standard InChI is InChI=1S/C12H12F4O2/c13-10-6-5-9(12(14,15)16)7-8(10)3-1-2-4-11(17)18/h5-7H,1-4H2,(H,17,18). The van der Waals surface area contributed by atoms with Crippen LogP contribution >= 0.6 is 0 Å². The van der Waals surface area contributed by atoms with Crippen LogP contribution in [0.4, 0.5) is 17.6 Å². The summed E-state index contributed by atoms with van der Waals surface area (Å²) in [4.78, 5) is 10.2. The Balaban J connectivity index is 2.67. The summed E-state index contributed by atoms with van der Waals surface area (Å²) >= 11 is 0. The number of hydrogen-bond donors (Lipinski definition) is 1. The number of benzene rings is 1. The van der Waals surface area contributed by atoms with Crippen LogP contribution in [-0.4, -0.2) is 11.1 Å². The van der Waals surface area contributed by atoms with Crippen LogP contribution in [0.3, 0.4) is 0 Å². The van der Waals surface area contributed by atoms with Gasteiger partial charge in [0.25, 0.3) is 0 Å². The monoisotopic (exact) mass is 264 g/mol. The van der Waals surface area contributed by atoms with E-state index < -0.39 is 23.5 Å². The quantitative estimate of drug-likeness (QED) is 0.651. The van der Waals surface area contributed by atoms with E-state index in [1.807, 2.05) is 0 Å². The maximum Gasteiger partial charge on any atom is 0.416 e. The molecule has 0 amide bonds. The first kappa shape index (κ1) is 14.5. The first-order chi connectivity index (χ1) is 8.30. The Labute approximate surface area is 101 Å². The van der Waals surface area contributed by atoms with Crippen LogP contribution in [0, 0.1) is 5.82 Å². The summed E-state index contributed by atoms with van der Waals surface area (Å²) in [7, 11) is 0. The Morgan fingerprint density at radius 1 is 1.22 bits per heavy atom. The number of carboxylic acids is 1. The number of aryl methyl sites for hydroxylation is 1. The first-order valence-electron chi connectivity index (χ1n) is 5.38. The van der Waals surface area contributed by atoms with Gasteiger partial charge < -0.3 is 5.11 Å². The molecule has 100 valence electrons.